The summed E-state index contributed by atoms with van der Waals surface area (Å²) in [7, 11) is 1.55. The van der Waals surface area contributed by atoms with Crippen LogP contribution in [0.5, 0.6) is 5.75 Å². The fraction of sp³-hybridized carbons (Fsp3) is 0.533. The molecule has 0 bridgehead atoms. The summed E-state index contributed by atoms with van der Waals surface area (Å²) in [5, 5.41) is 3.67. The van der Waals surface area contributed by atoms with Crippen LogP contribution in [0.2, 0.25) is 0 Å². The number of benzene rings is 1. The minimum Gasteiger partial charge on any atom is -0.496 e. The molecule has 1 aliphatic rings. The van der Waals surface area contributed by atoms with Crippen LogP contribution in [0.25, 0.3) is 0 Å². The van der Waals surface area contributed by atoms with E-state index in [9.17, 15) is 4.79 Å². The monoisotopic (exact) mass is 294 g/mol. The van der Waals surface area contributed by atoms with Crippen LogP contribution in [0.3, 0.4) is 0 Å². The molecule has 0 radical (unpaired) electrons. The normalized spacial score (nSPS) is 21.7. The topological polar surface area (TPSA) is 64.4 Å². The number of methoxy groups -OCH3 is 1. The summed E-state index contributed by atoms with van der Waals surface area (Å²) in [6, 6.07) is 5.39. The molecule has 1 fully saturated rings. The molecule has 0 heterocycles. The van der Waals surface area contributed by atoms with Crippen molar-refractivity contribution in [1.29, 1.82) is 0 Å². The summed E-state index contributed by atoms with van der Waals surface area (Å²) in [4.78, 5) is 12.4. The fourth-order valence-electron chi connectivity index (χ4n) is 2.65. The van der Waals surface area contributed by atoms with Crippen molar-refractivity contribution in [3.8, 4) is 5.75 Å². The molecule has 5 heteroatoms. The molecule has 3 N–H and O–H groups in total. The maximum Gasteiger partial charge on any atom is 0.255 e. The van der Waals surface area contributed by atoms with E-state index in [0.717, 1.165) is 12.2 Å². The molecule has 1 amide bonds. The highest BCUT2D eigenvalue weighted by Crippen LogP contribution is 2.30. The van der Waals surface area contributed by atoms with Gasteiger partial charge in [-0.1, -0.05) is 13.3 Å². The molecule has 1 aromatic rings. The van der Waals surface area contributed by atoms with Gasteiger partial charge in [0.15, 0.2) is 0 Å². The number of carbonyl (C=O) groups is 1. The Labute approximate surface area is 124 Å². The average Bonchev–Trinajstić information content (AvgIpc) is 2.86. The zero-order chi connectivity index (χ0) is 14.5. The van der Waals surface area contributed by atoms with Crippen molar-refractivity contribution < 1.29 is 9.53 Å². The van der Waals surface area contributed by atoms with Crippen molar-refractivity contribution in [2.75, 3.05) is 18.6 Å². The Balaban J connectivity index is 2.08. The number of hydrogen-bond donors (Lipinski definition) is 2. The third-order valence-electron chi connectivity index (χ3n) is 3.62. The van der Waals surface area contributed by atoms with E-state index < -0.39 is 0 Å². The molecular weight excluding hydrogens is 272 g/mol. The number of nitrogen functional groups attached to an aromatic ring is 1. The number of ether oxygens (including phenoxy) is 1. The third-order valence-corrected chi connectivity index (χ3v) is 4.95. The highest BCUT2D eigenvalue weighted by atomic mass is 32.2. The van der Waals surface area contributed by atoms with Gasteiger partial charge in [-0.25, -0.2) is 0 Å². The second-order valence-corrected chi connectivity index (χ2v) is 6.48. The molecule has 2 rings (SSSR count). The van der Waals surface area contributed by atoms with Crippen LogP contribution >= 0.6 is 11.8 Å². The summed E-state index contributed by atoms with van der Waals surface area (Å²) in [6.45, 7) is 2.16. The number of nitrogens with two attached hydrogens (primary N) is 1. The smallest absolute Gasteiger partial charge is 0.255 e. The van der Waals surface area contributed by atoms with Gasteiger partial charge in [0, 0.05) is 23.0 Å². The van der Waals surface area contributed by atoms with Gasteiger partial charge in [0.2, 0.25) is 0 Å². The van der Waals surface area contributed by atoms with Gasteiger partial charge in [0.1, 0.15) is 5.75 Å². The van der Waals surface area contributed by atoms with E-state index in [2.05, 4.69) is 12.2 Å². The van der Waals surface area contributed by atoms with Gasteiger partial charge in [-0.2, -0.15) is 11.8 Å². The van der Waals surface area contributed by atoms with Gasteiger partial charge in [-0.3, -0.25) is 4.79 Å². The minimum absolute atomic E-state index is 0.0737. The maximum absolute atomic E-state index is 12.4. The summed E-state index contributed by atoms with van der Waals surface area (Å²) < 4.78 is 5.24. The van der Waals surface area contributed by atoms with Crippen LogP contribution in [0.1, 0.15) is 36.5 Å². The van der Waals surface area contributed by atoms with Gasteiger partial charge >= 0.3 is 0 Å². The van der Waals surface area contributed by atoms with E-state index in [0.29, 0.717) is 22.3 Å². The van der Waals surface area contributed by atoms with E-state index in [-0.39, 0.29) is 11.9 Å². The Morgan fingerprint density at radius 1 is 1.50 bits per heavy atom. The molecule has 0 spiro atoms. The molecule has 0 aromatic heterocycles. The van der Waals surface area contributed by atoms with Crippen molar-refractivity contribution in [1.82, 2.24) is 5.32 Å². The molecule has 0 saturated heterocycles. The van der Waals surface area contributed by atoms with Gasteiger partial charge in [-0.05, 0) is 30.7 Å². The molecule has 1 saturated carbocycles. The number of hydrogen-bond acceptors (Lipinski definition) is 4. The number of anilines is 1. The van der Waals surface area contributed by atoms with Gasteiger partial charge in [0.25, 0.3) is 5.91 Å². The fourth-order valence-corrected chi connectivity index (χ4v) is 3.84. The van der Waals surface area contributed by atoms with Gasteiger partial charge in [-0.15, -0.1) is 0 Å². The van der Waals surface area contributed by atoms with Crippen molar-refractivity contribution in [3.05, 3.63) is 23.8 Å². The first-order chi connectivity index (χ1) is 9.65. The first kappa shape index (κ1) is 15.0. The van der Waals surface area contributed by atoms with Crippen molar-refractivity contribution >= 4 is 23.4 Å². The summed E-state index contributed by atoms with van der Waals surface area (Å²) in [5.41, 5.74) is 6.86. The first-order valence-electron chi connectivity index (χ1n) is 7.01. The SMILES string of the molecule is CCSC1CCCC1NC(=O)c1ccc(N)cc1OC. The van der Waals surface area contributed by atoms with E-state index in [1.165, 1.54) is 12.8 Å². The molecule has 1 aromatic carbocycles. The Kier molecular flexibility index (Phi) is 5.17. The molecular formula is C15H22N2O2S. The van der Waals surface area contributed by atoms with E-state index in [1.807, 2.05) is 11.8 Å². The minimum atomic E-state index is -0.0737. The molecule has 110 valence electrons. The lowest BCUT2D eigenvalue weighted by Crippen LogP contribution is -2.38. The lowest BCUT2D eigenvalue weighted by atomic mass is 10.1. The Hall–Kier alpha value is -1.36. The maximum atomic E-state index is 12.4. The Bertz CT molecular complexity index is 479. The van der Waals surface area contributed by atoms with Crippen LogP contribution in [-0.4, -0.2) is 30.1 Å². The largest absolute Gasteiger partial charge is 0.496 e. The average molecular weight is 294 g/mol. The number of rotatable bonds is 5. The number of carbonyl (C=O) groups excluding carboxylic acids is 1. The number of thioether (sulfide) groups is 1. The van der Waals surface area contributed by atoms with E-state index in [4.69, 9.17) is 10.5 Å². The van der Waals surface area contributed by atoms with Gasteiger partial charge in [0.05, 0.1) is 12.7 Å². The molecule has 1 aliphatic carbocycles. The van der Waals surface area contributed by atoms with Crippen molar-refractivity contribution in [2.45, 2.75) is 37.5 Å². The Morgan fingerprint density at radius 2 is 2.30 bits per heavy atom. The van der Waals surface area contributed by atoms with E-state index >= 15 is 0 Å². The Morgan fingerprint density at radius 3 is 3.00 bits per heavy atom. The van der Waals surface area contributed by atoms with Crippen LogP contribution in [-0.2, 0) is 0 Å². The number of amides is 1. The predicted octanol–water partition coefficient (Wildman–Crippen LogP) is 2.68. The zero-order valence-electron chi connectivity index (χ0n) is 12.0. The lowest BCUT2D eigenvalue weighted by molar-refractivity contribution is 0.0935. The summed E-state index contributed by atoms with van der Waals surface area (Å²) in [6.07, 6.45) is 3.42. The quantitative estimate of drug-likeness (QED) is 0.820. The van der Waals surface area contributed by atoms with Gasteiger partial charge < -0.3 is 15.8 Å². The number of nitrogens with one attached hydrogen (secondary N) is 1. The van der Waals surface area contributed by atoms with Crippen molar-refractivity contribution in [3.63, 3.8) is 0 Å². The zero-order valence-corrected chi connectivity index (χ0v) is 12.8. The van der Waals surface area contributed by atoms with Crippen LogP contribution in [0.15, 0.2) is 18.2 Å². The van der Waals surface area contributed by atoms with Crippen LogP contribution < -0.4 is 15.8 Å². The van der Waals surface area contributed by atoms with Crippen LogP contribution in [0, 0.1) is 0 Å². The predicted molar refractivity (Wildman–Crippen MR) is 84.4 cm³/mol. The first-order valence-corrected chi connectivity index (χ1v) is 8.06. The molecule has 2 atom stereocenters. The molecule has 4 nitrogen and oxygen atoms in total. The highest BCUT2D eigenvalue weighted by molar-refractivity contribution is 7.99. The highest BCUT2D eigenvalue weighted by Gasteiger charge is 2.29. The summed E-state index contributed by atoms with van der Waals surface area (Å²) in [5.74, 6) is 1.54. The standard InChI is InChI=1S/C15H22N2O2S/c1-3-20-14-6-4-5-12(14)17-15(18)11-8-7-10(16)9-13(11)19-2/h7-9,12,14H,3-6,16H2,1-2H3,(H,17,18). The van der Waals surface area contributed by atoms with E-state index in [1.54, 1.807) is 25.3 Å². The second-order valence-electron chi connectivity index (χ2n) is 4.96. The van der Waals surface area contributed by atoms with Crippen LogP contribution in [0.4, 0.5) is 5.69 Å². The summed E-state index contributed by atoms with van der Waals surface area (Å²) >= 11 is 1.93. The third kappa shape index (κ3) is 3.39. The van der Waals surface area contributed by atoms with Crippen molar-refractivity contribution in [2.24, 2.45) is 0 Å². The second kappa shape index (κ2) is 6.88. The molecule has 2 unspecified atom stereocenters. The lowest BCUT2D eigenvalue weighted by Gasteiger charge is -2.20. The molecule has 0 aliphatic heterocycles. The molecule has 20 heavy (non-hydrogen) atoms.